The number of ketones is 1. The van der Waals surface area contributed by atoms with Crippen LogP contribution in [0.5, 0.6) is 17.2 Å². The lowest BCUT2D eigenvalue weighted by Crippen LogP contribution is -1.97. The summed E-state index contributed by atoms with van der Waals surface area (Å²) in [6, 6.07) is 18.4. The van der Waals surface area contributed by atoms with Crippen LogP contribution in [0.2, 0.25) is 0 Å². The van der Waals surface area contributed by atoms with Gasteiger partial charge in [-0.2, -0.15) is 0 Å². The number of carbonyl (C=O) groups is 1. The van der Waals surface area contributed by atoms with E-state index in [9.17, 15) is 4.79 Å². The molecule has 0 saturated carbocycles. The van der Waals surface area contributed by atoms with E-state index in [-0.39, 0.29) is 5.78 Å². The molecular weight excluding hydrogens is 404 g/mol. The van der Waals surface area contributed by atoms with E-state index in [1.807, 2.05) is 48.6 Å². The number of ether oxygens (including phenoxy) is 3. The summed E-state index contributed by atoms with van der Waals surface area (Å²) in [5, 5.41) is 3.13. The van der Waals surface area contributed by atoms with Crippen LogP contribution in [0.1, 0.15) is 21.5 Å². The second-order valence-corrected chi connectivity index (χ2v) is 6.88. The summed E-state index contributed by atoms with van der Waals surface area (Å²) in [5.41, 5.74) is 9.62. The first-order valence-electron chi connectivity index (χ1n) is 9.95. The third kappa shape index (κ3) is 5.70. The van der Waals surface area contributed by atoms with Gasteiger partial charge in [0.05, 0.1) is 21.3 Å². The second-order valence-electron chi connectivity index (χ2n) is 6.88. The summed E-state index contributed by atoms with van der Waals surface area (Å²) in [4.78, 5) is 12.2. The molecule has 3 N–H and O–H groups in total. The Morgan fingerprint density at radius 2 is 1.50 bits per heavy atom. The molecule has 3 rings (SSSR count). The van der Waals surface area contributed by atoms with Crippen molar-refractivity contribution in [3.8, 4) is 17.2 Å². The number of nitrogen functional groups attached to an aromatic ring is 1. The minimum atomic E-state index is -0.101. The Kier molecular flexibility index (Phi) is 7.54. The predicted molar refractivity (Wildman–Crippen MR) is 129 cm³/mol. The van der Waals surface area contributed by atoms with Gasteiger partial charge in [-0.15, -0.1) is 0 Å². The van der Waals surface area contributed by atoms with Crippen LogP contribution in [-0.2, 0) is 0 Å². The smallest absolute Gasteiger partial charge is 0.203 e. The van der Waals surface area contributed by atoms with Crippen molar-refractivity contribution in [2.45, 2.75) is 0 Å². The summed E-state index contributed by atoms with van der Waals surface area (Å²) < 4.78 is 16.2. The fraction of sp³-hybridized carbons (Fsp3) is 0.115. The molecule has 3 aromatic carbocycles. The molecule has 0 radical (unpaired) electrons. The molecule has 0 bridgehead atoms. The highest BCUT2D eigenvalue weighted by molar-refractivity contribution is 6.04. The zero-order chi connectivity index (χ0) is 22.9. The average molecular weight is 431 g/mol. The van der Waals surface area contributed by atoms with Crippen LogP contribution in [0, 0.1) is 0 Å². The average Bonchev–Trinajstić information content (AvgIpc) is 2.82. The molecule has 0 aromatic heterocycles. The molecule has 6 heteroatoms. The van der Waals surface area contributed by atoms with Gasteiger partial charge in [0.15, 0.2) is 17.3 Å². The number of carbonyl (C=O) groups excluding carboxylic acids is 1. The van der Waals surface area contributed by atoms with E-state index in [0.29, 0.717) is 28.5 Å². The van der Waals surface area contributed by atoms with Gasteiger partial charge in [0, 0.05) is 29.2 Å². The van der Waals surface area contributed by atoms with Crippen molar-refractivity contribution in [2.75, 3.05) is 32.4 Å². The minimum absolute atomic E-state index is 0.101. The Bertz CT molecular complexity index is 1110. The van der Waals surface area contributed by atoms with Crippen LogP contribution in [0.4, 0.5) is 11.4 Å². The highest BCUT2D eigenvalue weighted by atomic mass is 16.5. The molecule has 0 heterocycles. The van der Waals surface area contributed by atoms with Gasteiger partial charge in [0.25, 0.3) is 0 Å². The number of benzene rings is 3. The van der Waals surface area contributed by atoms with Gasteiger partial charge in [0.1, 0.15) is 0 Å². The van der Waals surface area contributed by atoms with Crippen LogP contribution in [0.3, 0.4) is 0 Å². The number of rotatable bonds is 9. The monoisotopic (exact) mass is 430 g/mol. The van der Waals surface area contributed by atoms with Crippen LogP contribution in [-0.4, -0.2) is 27.1 Å². The van der Waals surface area contributed by atoms with E-state index in [4.69, 9.17) is 19.9 Å². The van der Waals surface area contributed by atoms with Crippen LogP contribution >= 0.6 is 0 Å². The van der Waals surface area contributed by atoms with Gasteiger partial charge >= 0.3 is 0 Å². The molecule has 0 amide bonds. The lowest BCUT2D eigenvalue weighted by atomic mass is 10.1. The van der Waals surface area contributed by atoms with E-state index < -0.39 is 0 Å². The summed E-state index contributed by atoms with van der Waals surface area (Å²) in [7, 11) is 4.75. The Hall–Kier alpha value is -4.19. The third-order valence-electron chi connectivity index (χ3n) is 4.72. The summed E-state index contributed by atoms with van der Waals surface area (Å²) in [6.45, 7) is 0. The van der Waals surface area contributed by atoms with E-state index in [0.717, 1.165) is 16.8 Å². The second kappa shape index (κ2) is 10.7. The number of anilines is 2. The molecule has 0 fully saturated rings. The Morgan fingerprint density at radius 1 is 0.844 bits per heavy atom. The zero-order valence-electron chi connectivity index (χ0n) is 18.3. The maximum Gasteiger partial charge on any atom is 0.203 e. The number of allylic oxidation sites excluding steroid dienone is 1. The van der Waals surface area contributed by atoms with Crippen LogP contribution < -0.4 is 25.3 Å². The number of hydrogen-bond donors (Lipinski definition) is 2. The lowest BCUT2D eigenvalue weighted by Gasteiger charge is -2.12. The number of hydrogen-bond acceptors (Lipinski definition) is 6. The van der Waals surface area contributed by atoms with Crippen molar-refractivity contribution in [1.82, 2.24) is 0 Å². The Morgan fingerprint density at radius 3 is 2.12 bits per heavy atom. The molecule has 164 valence electrons. The van der Waals surface area contributed by atoms with Crippen molar-refractivity contribution < 1.29 is 19.0 Å². The first-order chi connectivity index (χ1) is 15.5. The minimum Gasteiger partial charge on any atom is -0.493 e. The van der Waals surface area contributed by atoms with Gasteiger partial charge in [0.2, 0.25) is 5.75 Å². The summed E-state index contributed by atoms with van der Waals surface area (Å²) in [6.07, 6.45) is 7.06. The lowest BCUT2D eigenvalue weighted by molar-refractivity contribution is 0.104. The van der Waals surface area contributed by atoms with Gasteiger partial charge in [-0.05, 0) is 59.7 Å². The molecule has 0 unspecified atom stereocenters. The van der Waals surface area contributed by atoms with Gasteiger partial charge in [-0.3, -0.25) is 4.79 Å². The quantitative estimate of drug-likeness (QED) is 0.208. The summed E-state index contributed by atoms with van der Waals surface area (Å²) in [5.74, 6) is 1.64. The SMILES string of the molecule is COc1cc(C=Cc2cccc(NC=CC(=O)c3ccc(N)cc3)c2)cc(OC)c1OC. The first-order valence-corrected chi connectivity index (χ1v) is 9.95. The molecule has 3 aromatic rings. The van der Waals surface area contributed by atoms with Crippen molar-refractivity contribution in [3.05, 3.63) is 89.6 Å². The van der Waals surface area contributed by atoms with Crippen molar-refractivity contribution >= 4 is 29.3 Å². The topological polar surface area (TPSA) is 82.8 Å². The zero-order valence-corrected chi connectivity index (χ0v) is 18.3. The maximum atomic E-state index is 12.2. The molecule has 0 spiro atoms. The third-order valence-corrected chi connectivity index (χ3v) is 4.72. The molecular formula is C26H26N2O4. The molecule has 0 aliphatic carbocycles. The largest absolute Gasteiger partial charge is 0.493 e. The molecule has 0 aliphatic heterocycles. The Balaban J connectivity index is 1.70. The number of methoxy groups -OCH3 is 3. The van der Waals surface area contributed by atoms with E-state index in [1.54, 1.807) is 51.8 Å². The molecule has 6 nitrogen and oxygen atoms in total. The molecule has 0 aliphatic rings. The van der Waals surface area contributed by atoms with E-state index >= 15 is 0 Å². The highest BCUT2D eigenvalue weighted by Crippen LogP contribution is 2.38. The van der Waals surface area contributed by atoms with Crippen molar-refractivity contribution in [3.63, 3.8) is 0 Å². The normalized spacial score (nSPS) is 11.0. The van der Waals surface area contributed by atoms with E-state index in [2.05, 4.69) is 5.32 Å². The van der Waals surface area contributed by atoms with Crippen molar-refractivity contribution in [2.24, 2.45) is 0 Å². The standard InChI is InChI=1S/C26H26N2O4/c1-30-24-16-19(17-25(31-2)26(24)32-3)8-7-18-5-4-6-22(15-18)28-14-13-23(29)20-9-11-21(27)12-10-20/h4-17,28H,27H2,1-3H3. The molecule has 32 heavy (non-hydrogen) atoms. The fourth-order valence-corrected chi connectivity index (χ4v) is 3.08. The molecule has 0 atom stereocenters. The Labute approximate surface area is 187 Å². The number of nitrogens with one attached hydrogen (secondary N) is 1. The van der Waals surface area contributed by atoms with Crippen molar-refractivity contribution in [1.29, 1.82) is 0 Å². The number of nitrogens with two attached hydrogens (primary N) is 1. The van der Waals surface area contributed by atoms with Gasteiger partial charge in [-0.25, -0.2) is 0 Å². The van der Waals surface area contributed by atoms with Gasteiger partial charge < -0.3 is 25.3 Å². The van der Waals surface area contributed by atoms with Gasteiger partial charge in [-0.1, -0.05) is 24.3 Å². The van der Waals surface area contributed by atoms with Crippen LogP contribution in [0.25, 0.3) is 12.2 Å². The summed E-state index contributed by atoms with van der Waals surface area (Å²) >= 11 is 0. The maximum absolute atomic E-state index is 12.2. The van der Waals surface area contributed by atoms with Crippen LogP contribution in [0.15, 0.2) is 72.9 Å². The predicted octanol–water partition coefficient (Wildman–Crippen LogP) is 5.27. The first kappa shape index (κ1) is 22.5. The molecule has 0 saturated heterocycles. The fourth-order valence-electron chi connectivity index (χ4n) is 3.08. The van der Waals surface area contributed by atoms with E-state index in [1.165, 1.54) is 6.08 Å². The highest BCUT2D eigenvalue weighted by Gasteiger charge is 2.11.